The molecule has 0 atom stereocenters. The van der Waals surface area contributed by atoms with Gasteiger partial charge in [-0.05, 0) is 56.3 Å². The molecule has 4 nitrogen and oxygen atoms in total. The van der Waals surface area contributed by atoms with E-state index >= 15 is 0 Å². The first-order valence-electron chi connectivity index (χ1n) is 10.2. The Labute approximate surface area is 168 Å². The van der Waals surface area contributed by atoms with Crippen LogP contribution >= 0.6 is 0 Å². The second-order valence-corrected chi connectivity index (χ2v) is 7.76. The molecule has 1 aliphatic heterocycles. The summed E-state index contributed by atoms with van der Waals surface area (Å²) in [4.78, 5) is 12.0. The Morgan fingerprint density at radius 1 is 0.964 bits per heavy atom. The quantitative estimate of drug-likeness (QED) is 0.664. The van der Waals surface area contributed by atoms with E-state index < -0.39 is 0 Å². The summed E-state index contributed by atoms with van der Waals surface area (Å²) in [6, 6.07) is 17.5. The van der Waals surface area contributed by atoms with Gasteiger partial charge < -0.3 is 14.7 Å². The molecule has 1 fully saturated rings. The van der Waals surface area contributed by atoms with E-state index in [4.69, 9.17) is 4.98 Å². The highest BCUT2D eigenvalue weighted by Crippen LogP contribution is 2.36. The van der Waals surface area contributed by atoms with Crippen molar-refractivity contribution in [2.45, 2.75) is 20.3 Å². The topological polar surface area (TPSA) is 22.6 Å². The van der Waals surface area contributed by atoms with Gasteiger partial charge in [-0.25, -0.2) is 0 Å². The van der Waals surface area contributed by atoms with E-state index in [1.807, 2.05) is 0 Å². The minimum Gasteiger partial charge on any atom is -0.369 e. The highest BCUT2D eigenvalue weighted by molar-refractivity contribution is 5.96. The van der Waals surface area contributed by atoms with Gasteiger partial charge in [0.25, 0.3) is 0 Å². The van der Waals surface area contributed by atoms with E-state index in [0.29, 0.717) is 0 Å². The van der Waals surface area contributed by atoms with Gasteiger partial charge in [0.2, 0.25) is 0 Å². The predicted molar refractivity (Wildman–Crippen MR) is 120 cm³/mol. The molecule has 1 aliphatic rings. The molecule has 0 spiro atoms. The summed E-state index contributed by atoms with van der Waals surface area (Å²) in [5.74, 6) is 0. The second-order valence-electron chi connectivity index (χ2n) is 7.76. The van der Waals surface area contributed by atoms with Crippen molar-refractivity contribution < 1.29 is 0 Å². The molecule has 0 bridgehead atoms. The molecule has 1 aromatic heterocycles. The lowest BCUT2D eigenvalue weighted by molar-refractivity contribution is 0.313. The number of nitrogens with zero attached hydrogens (tertiary/aromatic N) is 4. The van der Waals surface area contributed by atoms with Crippen LogP contribution in [0.1, 0.15) is 18.2 Å². The van der Waals surface area contributed by atoms with Crippen LogP contribution in [0, 0.1) is 6.92 Å². The Hall–Kier alpha value is -2.59. The first-order valence-corrected chi connectivity index (χ1v) is 10.2. The number of likely N-dealkylation sites (N-methyl/N-ethyl adjacent to an activating group) is 1. The maximum Gasteiger partial charge on any atom is 0.0726 e. The number of hydrogen-bond acceptors (Lipinski definition) is 4. The number of pyridine rings is 1. The van der Waals surface area contributed by atoms with Crippen molar-refractivity contribution in [3.8, 4) is 0 Å². The van der Waals surface area contributed by atoms with Crippen molar-refractivity contribution in [3.05, 3.63) is 59.8 Å². The molecule has 4 heteroatoms. The van der Waals surface area contributed by atoms with E-state index in [2.05, 4.69) is 91.2 Å². The summed E-state index contributed by atoms with van der Waals surface area (Å²) in [5, 5.41) is 1.22. The van der Waals surface area contributed by atoms with Gasteiger partial charge in [0.1, 0.15) is 0 Å². The summed E-state index contributed by atoms with van der Waals surface area (Å²) >= 11 is 0. The number of piperazine rings is 1. The van der Waals surface area contributed by atoms with Crippen LogP contribution in [-0.4, -0.2) is 50.2 Å². The molecular weight excluding hydrogens is 344 g/mol. The summed E-state index contributed by atoms with van der Waals surface area (Å²) < 4.78 is 0. The standard InChI is InChI=1S/C24H30N4/c1-5-21-18(2)25-23-9-7-6-8-22(23)24(21)27(4)19-10-12-20(13-11-19)28-16-14-26(3)15-17-28/h6-13H,5,14-17H2,1-4H3. The molecule has 2 heterocycles. The zero-order valence-electron chi connectivity index (χ0n) is 17.4. The van der Waals surface area contributed by atoms with Gasteiger partial charge in [-0.2, -0.15) is 0 Å². The monoisotopic (exact) mass is 374 g/mol. The van der Waals surface area contributed by atoms with Gasteiger partial charge in [0.15, 0.2) is 0 Å². The highest BCUT2D eigenvalue weighted by atomic mass is 15.2. The molecule has 0 aliphatic carbocycles. The molecule has 0 saturated carbocycles. The van der Waals surface area contributed by atoms with Crippen LogP contribution in [-0.2, 0) is 6.42 Å². The summed E-state index contributed by atoms with van der Waals surface area (Å²) in [7, 11) is 4.37. The van der Waals surface area contributed by atoms with Gasteiger partial charge >= 0.3 is 0 Å². The molecule has 2 aromatic carbocycles. The molecular formula is C24H30N4. The van der Waals surface area contributed by atoms with Crippen LogP contribution in [0.15, 0.2) is 48.5 Å². The Morgan fingerprint density at radius 2 is 1.64 bits per heavy atom. The van der Waals surface area contributed by atoms with Gasteiger partial charge in [-0.15, -0.1) is 0 Å². The second kappa shape index (κ2) is 7.80. The fourth-order valence-corrected chi connectivity index (χ4v) is 4.24. The Morgan fingerprint density at radius 3 is 2.32 bits per heavy atom. The van der Waals surface area contributed by atoms with Crippen molar-refractivity contribution in [1.82, 2.24) is 9.88 Å². The average Bonchev–Trinajstić information content (AvgIpc) is 2.73. The SMILES string of the molecule is CCc1c(C)nc2ccccc2c1N(C)c1ccc(N2CCN(C)CC2)cc1. The molecule has 3 aromatic rings. The third-order valence-corrected chi connectivity index (χ3v) is 5.96. The van der Waals surface area contributed by atoms with E-state index in [9.17, 15) is 0 Å². The zero-order chi connectivity index (χ0) is 19.7. The van der Waals surface area contributed by atoms with Gasteiger partial charge in [-0.1, -0.05) is 25.1 Å². The first-order chi connectivity index (χ1) is 13.6. The number of rotatable bonds is 4. The van der Waals surface area contributed by atoms with Crippen molar-refractivity contribution in [2.24, 2.45) is 0 Å². The van der Waals surface area contributed by atoms with Gasteiger partial charge in [0.05, 0.1) is 11.2 Å². The predicted octanol–water partition coefficient (Wildman–Crippen LogP) is 4.63. The molecule has 4 rings (SSSR count). The fourth-order valence-electron chi connectivity index (χ4n) is 4.24. The lowest BCUT2D eigenvalue weighted by atomic mass is 10.0. The van der Waals surface area contributed by atoms with Crippen molar-refractivity contribution in [2.75, 3.05) is 50.1 Å². The lowest BCUT2D eigenvalue weighted by Crippen LogP contribution is -2.44. The smallest absolute Gasteiger partial charge is 0.0726 e. The molecule has 1 saturated heterocycles. The number of hydrogen-bond donors (Lipinski definition) is 0. The largest absolute Gasteiger partial charge is 0.369 e. The summed E-state index contributed by atoms with van der Waals surface area (Å²) in [5.41, 5.74) is 7.31. The van der Waals surface area contributed by atoms with Crippen LogP contribution in [0.3, 0.4) is 0 Å². The fraction of sp³-hybridized carbons (Fsp3) is 0.375. The minimum atomic E-state index is 0.975. The number of fused-ring (bicyclic) bond motifs is 1. The van der Waals surface area contributed by atoms with E-state index in [1.54, 1.807) is 0 Å². The summed E-state index contributed by atoms with van der Waals surface area (Å²) in [6.07, 6.45) is 0.975. The number of aryl methyl sites for hydroxylation is 1. The molecule has 0 unspecified atom stereocenters. The van der Waals surface area contributed by atoms with E-state index in [0.717, 1.165) is 43.8 Å². The third-order valence-electron chi connectivity index (χ3n) is 5.96. The zero-order valence-corrected chi connectivity index (χ0v) is 17.4. The van der Waals surface area contributed by atoms with Crippen LogP contribution in [0.2, 0.25) is 0 Å². The highest BCUT2D eigenvalue weighted by Gasteiger charge is 2.17. The maximum atomic E-state index is 4.83. The Kier molecular flexibility index (Phi) is 5.23. The van der Waals surface area contributed by atoms with Crippen LogP contribution in [0.5, 0.6) is 0 Å². The number of benzene rings is 2. The van der Waals surface area contributed by atoms with Crippen LogP contribution in [0.4, 0.5) is 17.1 Å². The molecule has 0 amide bonds. The Bertz CT molecular complexity index is 956. The summed E-state index contributed by atoms with van der Waals surface area (Å²) in [6.45, 7) is 8.79. The minimum absolute atomic E-state index is 0.975. The number of aromatic nitrogens is 1. The normalized spacial score (nSPS) is 15.2. The first kappa shape index (κ1) is 18.8. The van der Waals surface area contributed by atoms with Crippen molar-refractivity contribution >= 4 is 28.0 Å². The third kappa shape index (κ3) is 3.45. The Balaban J connectivity index is 1.69. The molecule has 28 heavy (non-hydrogen) atoms. The van der Waals surface area contributed by atoms with E-state index in [-0.39, 0.29) is 0 Å². The van der Waals surface area contributed by atoms with Crippen molar-refractivity contribution in [3.63, 3.8) is 0 Å². The molecule has 0 radical (unpaired) electrons. The van der Waals surface area contributed by atoms with Gasteiger partial charge in [0, 0.05) is 55.7 Å². The van der Waals surface area contributed by atoms with Crippen molar-refractivity contribution in [1.29, 1.82) is 0 Å². The van der Waals surface area contributed by atoms with Crippen LogP contribution in [0.25, 0.3) is 10.9 Å². The molecule has 0 N–H and O–H groups in total. The van der Waals surface area contributed by atoms with Gasteiger partial charge in [-0.3, -0.25) is 4.98 Å². The number of anilines is 3. The van der Waals surface area contributed by atoms with E-state index in [1.165, 1.54) is 28.0 Å². The number of para-hydroxylation sites is 1. The average molecular weight is 375 g/mol. The lowest BCUT2D eigenvalue weighted by Gasteiger charge is -2.34. The molecule has 146 valence electrons. The maximum absolute atomic E-state index is 4.83. The van der Waals surface area contributed by atoms with Crippen LogP contribution < -0.4 is 9.80 Å².